The molecule has 6 heteroatoms. The van der Waals surface area contributed by atoms with E-state index in [1.807, 2.05) is 72.8 Å². The molecule has 0 saturated carbocycles. The normalized spacial score (nSPS) is 12.9. The van der Waals surface area contributed by atoms with Gasteiger partial charge in [-0.05, 0) is 55.2 Å². The average Bonchev–Trinajstić information content (AvgIpc) is 3.53. The van der Waals surface area contributed by atoms with Crippen molar-refractivity contribution in [2.75, 3.05) is 0 Å². The summed E-state index contributed by atoms with van der Waals surface area (Å²) in [5, 5.41) is 21.6. The largest absolute Gasteiger partial charge is 0.294 e. The second-order valence-electron chi connectivity index (χ2n) is 12.1. The lowest BCUT2D eigenvalue weighted by Crippen LogP contribution is -2.14. The Morgan fingerprint density at radius 1 is 0.633 bits per heavy atom. The van der Waals surface area contributed by atoms with Gasteiger partial charge in [0, 0.05) is 45.1 Å². The van der Waals surface area contributed by atoms with Crippen LogP contribution in [0, 0.1) is 34.5 Å². The van der Waals surface area contributed by atoms with E-state index in [4.69, 9.17) is 9.97 Å². The average molecular weight is 627 g/mol. The molecule has 0 fully saturated rings. The molecule has 7 aromatic rings. The van der Waals surface area contributed by atoms with Gasteiger partial charge in [0.1, 0.15) is 5.69 Å². The van der Waals surface area contributed by atoms with Gasteiger partial charge in [-0.15, -0.1) is 0 Å². The van der Waals surface area contributed by atoms with E-state index < -0.39 is 0 Å². The van der Waals surface area contributed by atoms with Gasteiger partial charge in [0.15, 0.2) is 11.6 Å². The standard InChI is InChI=1S/C43H26N6/c44-26-28-20-22-38-34(24-28)32-16-8-3-9-18-36(32)48(38)42-43(49-37-19-11-10-17-33(37)35-25-29(27-45)21-23-39(35)49)47-41(31-14-6-2-7-15-31)40(46-42)30-12-4-1-5-13-30/h1-2,4-8,10,12-17,20-25H,3,11,19H2. The van der Waals surface area contributed by atoms with Crippen molar-refractivity contribution in [2.45, 2.75) is 19.3 Å². The molecule has 0 aliphatic heterocycles. The fourth-order valence-electron chi connectivity index (χ4n) is 7.11. The van der Waals surface area contributed by atoms with E-state index in [9.17, 15) is 10.5 Å². The Morgan fingerprint density at radius 3 is 1.84 bits per heavy atom. The van der Waals surface area contributed by atoms with Crippen molar-refractivity contribution in [1.29, 1.82) is 10.5 Å². The molecular formula is C43H26N6. The smallest absolute Gasteiger partial charge is 0.183 e. The first kappa shape index (κ1) is 28.3. The summed E-state index contributed by atoms with van der Waals surface area (Å²) in [6.45, 7) is 0. The number of rotatable bonds is 4. The number of nitriles is 2. The number of nitrogens with zero attached hydrogens (tertiary/aromatic N) is 6. The molecule has 4 aromatic carbocycles. The van der Waals surface area contributed by atoms with Crippen LogP contribution in [0.3, 0.4) is 0 Å². The van der Waals surface area contributed by atoms with Gasteiger partial charge in [-0.1, -0.05) is 90.9 Å². The zero-order valence-electron chi connectivity index (χ0n) is 26.4. The number of aromatic nitrogens is 4. The molecule has 2 aliphatic rings. The topological polar surface area (TPSA) is 83.2 Å². The predicted molar refractivity (Wildman–Crippen MR) is 194 cm³/mol. The van der Waals surface area contributed by atoms with Crippen LogP contribution in [0.1, 0.15) is 46.5 Å². The summed E-state index contributed by atoms with van der Waals surface area (Å²) in [6, 6.07) is 36.6. The maximum atomic E-state index is 9.85. The van der Waals surface area contributed by atoms with Gasteiger partial charge in [-0.25, -0.2) is 9.97 Å². The fraction of sp³-hybridized carbons (Fsp3) is 0.0698. The lowest BCUT2D eigenvalue weighted by atomic mass is 10.0. The van der Waals surface area contributed by atoms with E-state index in [-0.39, 0.29) is 0 Å². The van der Waals surface area contributed by atoms with E-state index >= 15 is 0 Å². The van der Waals surface area contributed by atoms with E-state index in [1.165, 1.54) is 0 Å². The van der Waals surface area contributed by atoms with Crippen molar-refractivity contribution in [3.63, 3.8) is 0 Å². The molecule has 0 N–H and O–H groups in total. The SMILES string of the molecule is N#Cc1ccc2c(c1)c1c(n2-c2nc(-c3ccccc3)c(-c3ccccc3)nc2-n2c3c(c4cc(C#N)ccc42)C=CCC3)C#CCC=C1. The Bertz CT molecular complexity index is 2700. The molecule has 3 heterocycles. The molecule has 0 spiro atoms. The van der Waals surface area contributed by atoms with Crippen LogP contribution in [-0.4, -0.2) is 19.1 Å². The van der Waals surface area contributed by atoms with Gasteiger partial charge in [0.25, 0.3) is 0 Å². The van der Waals surface area contributed by atoms with Crippen molar-refractivity contribution in [2.24, 2.45) is 0 Å². The van der Waals surface area contributed by atoms with Crippen LogP contribution >= 0.6 is 0 Å². The molecule has 49 heavy (non-hydrogen) atoms. The van der Waals surface area contributed by atoms with E-state index in [0.717, 1.165) is 79.7 Å². The summed E-state index contributed by atoms with van der Waals surface area (Å²) in [7, 11) is 0. The third-order valence-electron chi connectivity index (χ3n) is 9.29. The highest BCUT2D eigenvalue weighted by Gasteiger charge is 2.28. The number of benzene rings is 4. The van der Waals surface area contributed by atoms with Gasteiger partial charge in [0.05, 0.1) is 45.7 Å². The molecule has 9 rings (SSSR count). The van der Waals surface area contributed by atoms with Crippen LogP contribution in [0.5, 0.6) is 0 Å². The lowest BCUT2D eigenvalue weighted by Gasteiger charge is -2.20. The molecule has 0 unspecified atom stereocenters. The second-order valence-corrected chi connectivity index (χ2v) is 12.1. The van der Waals surface area contributed by atoms with E-state index in [1.54, 1.807) is 0 Å². The molecular weight excluding hydrogens is 601 g/mol. The molecule has 0 atom stereocenters. The lowest BCUT2D eigenvalue weighted by molar-refractivity contribution is 0.851. The molecule has 0 saturated heterocycles. The first-order valence-electron chi connectivity index (χ1n) is 16.2. The monoisotopic (exact) mass is 626 g/mol. The molecule has 0 bridgehead atoms. The number of hydrogen-bond donors (Lipinski definition) is 0. The van der Waals surface area contributed by atoms with Crippen molar-refractivity contribution in [3.8, 4) is 58.1 Å². The highest BCUT2D eigenvalue weighted by Crippen LogP contribution is 2.40. The quantitative estimate of drug-likeness (QED) is 0.182. The van der Waals surface area contributed by atoms with Gasteiger partial charge < -0.3 is 0 Å². The van der Waals surface area contributed by atoms with Crippen LogP contribution in [0.15, 0.2) is 109 Å². The molecule has 0 amide bonds. The van der Waals surface area contributed by atoms with Crippen molar-refractivity contribution >= 4 is 34.0 Å². The number of allylic oxidation sites excluding steroid dienone is 2. The minimum absolute atomic E-state index is 0.583. The Balaban J connectivity index is 1.48. The second kappa shape index (κ2) is 11.4. The summed E-state index contributed by atoms with van der Waals surface area (Å²) in [5.41, 5.74) is 10.4. The Hall–Kier alpha value is -6.94. The van der Waals surface area contributed by atoms with Crippen molar-refractivity contribution in [3.05, 3.63) is 143 Å². The maximum Gasteiger partial charge on any atom is 0.183 e. The van der Waals surface area contributed by atoms with Crippen molar-refractivity contribution in [1.82, 2.24) is 19.1 Å². The zero-order chi connectivity index (χ0) is 32.9. The third kappa shape index (κ3) is 4.49. The molecule has 6 nitrogen and oxygen atoms in total. The molecule has 2 aliphatic carbocycles. The number of fused-ring (bicyclic) bond motifs is 6. The first-order chi connectivity index (χ1) is 24.2. The van der Waals surface area contributed by atoms with Gasteiger partial charge in [-0.3, -0.25) is 9.13 Å². The summed E-state index contributed by atoms with van der Waals surface area (Å²) >= 11 is 0. The number of hydrogen-bond acceptors (Lipinski definition) is 4. The molecule has 0 radical (unpaired) electrons. The van der Waals surface area contributed by atoms with E-state index in [0.29, 0.717) is 29.2 Å². The maximum absolute atomic E-state index is 9.85. The summed E-state index contributed by atoms with van der Waals surface area (Å²) in [5.74, 6) is 8.08. The summed E-state index contributed by atoms with van der Waals surface area (Å²) in [6.07, 6.45) is 10.8. The minimum atomic E-state index is 0.583. The van der Waals surface area contributed by atoms with Gasteiger partial charge in [-0.2, -0.15) is 10.5 Å². The molecule has 228 valence electrons. The predicted octanol–water partition coefficient (Wildman–Crippen LogP) is 9.17. The summed E-state index contributed by atoms with van der Waals surface area (Å²) < 4.78 is 4.36. The van der Waals surface area contributed by atoms with Crippen molar-refractivity contribution < 1.29 is 0 Å². The fourth-order valence-corrected chi connectivity index (χ4v) is 7.11. The van der Waals surface area contributed by atoms with E-state index in [2.05, 4.69) is 81.7 Å². The van der Waals surface area contributed by atoms with Gasteiger partial charge in [0.2, 0.25) is 0 Å². The van der Waals surface area contributed by atoms with Gasteiger partial charge >= 0.3 is 0 Å². The third-order valence-corrected chi connectivity index (χ3v) is 9.29. The minimum Gasteiger partial charge on any atom is -0.294 e. The summed E-state index contributed by atoms with van der Waals surface area (Å²) in [4.78, 5) is 11.2. The van der Waals surface area contributed by atoms with Crippen LogP contribution in [0.4, 0.5) is 0 Å². The highest BCUT2D eigenvalue weighted by atomic mass is 15.2. The highest BCUT2D eigenvalue weighted by molar-refractivity contribution is 5.97. The van der Waals surface area contributed by atoms with Crippen LogP contribution in [0.2, 0.25) is 0 Å². The first-order valence-corrected chi connectivity index (χ1v) is 16.2. The van der Waals surface area contributed by atoms with Crippen LogP contribution in [0.25, 0.3) is 68.1 Å². The molecule has 3 aromatic heterocycles. The van der Waals surface area contributed by atoms with Crippen LogP contribution < -0.4 is 0 Å². The Labute approximate surface area is 283 Å². The Morgan fingerprint density at radius 2 is 1.20 bits per heavy atom. The zero-order valence-corrected chi connectivity index (χ0v) is 26.4. The van der Waals surface area contributed by atoms with Crippen LogP contribution in [-0.2, 0) is 6.42 Å². The Kier molecular flexibility index (Phi) is 6.58.